The third-order valence-corrected chi connectivity index (χ3v) is 4.22. The lowest BCUT2D eigenvalue weighted by atomic mass is 10.2. The Kier molecular flexibility index (Phi) is 4.55. The van der Waals surface area contributed by atoms with Gasteiger partial charge in [-0.3, -0.25) is 0 Å². The second-order valence-corrected chi connectivity index (χ2v) is 5.93. The van der Waals surface area contributed by atoms with E-state index in [-0.39, 0.29) is 12.4 Å². The first kappa shape index (κ1) is 15.8. The summed E-state index contributed by atoms with van der Waals surface area (Å²) < 4.78 is 15.7. The summed E-state index contributed by atoms with van der Waals surface area (Å²) in [7, 11) is 1.89. The summed E-state index contributed by atoms with van der Waals surface area (Å²) in [4.78, 5) is 4.34. The number of imidazole rings is 1. The van der Waals surface area contributed by atoms with Gasteiger partial charge < -0.3 is 9.88 Å². The van der Waals surface area contributed by atoms with E-state index in [1.54, 1.807) is 18.3 Å². The molecule has 2 aromatic carbocycles. The summed E-state index contributed by atoms with van der Waals surface area (Å²) >= 11 is 11.9. The largest absolute Gasteiger partial charge is 0.351 e. The average molecular weight is 350 g/mol. The van der Waals surface area contributed by atoms with Gasteiger partial charge in [-0.15, -0.1) is 0 Å². The van der Waals surface area contributed by atoms with Crippen LogP contribution >= 0.6 is 23.2 Å². The van der Waals surface area contributed by atoms with Crippen molar-refractivity contribution in [3.63, 3.8) is 0 Å². The highest BCUT2D eigenvalue weighted by atomic mass is 35.5. The molecule has 0 radical (unpaired) electrons. The Morgan fingerprint density at radius 3 is 2.57 bits per heavy atom. The summed E-state index contributed by atoms with van der Waals surface area (Å²) in [5.41, 5.74) is 2.36. The van der Waals surface area contributed by atoms with Crippen molar-refractivity contribution < 1.29 is 4.39 Å². The fraction of sp³-hybridized carbons (Fsp3) is 0.118. The molecule has 0 aliphatic carbocycles. The zero-order valence-electron chi connectivity index (χ0n) is 12.4. The van der Waals surface area contributed by atoms with Gasteiger partial charge >= 0.3 is 0 Å². The maximum Gasteiger partial charge on any atom is 0.203 e. The van der Waals surface area contributed by atoms with Crippen LogP contribution in [0, 0.1) is 5.82 Å². The molecule has 0 fully saturated rings. The molecule has 0 amide bonds. The van der Waals surface area contributed by atoms with Crippen LogP contribution < -0.4 is 5.32 Å². The fourth-order valence-corrected chi connectivity index (χ4v) is 2.69. The van der Waals surface area contributed by atoms with E-state index >= 15 is 0 Å². The van der Waals surface area contributed by atoms with Gasteiger partial charge in [-0.05, 0) is 29.8 Å². The SMILES string of the molecule is Cn1c(-c2ccc(Cl)cc2)cnc1NCc1c(F)cccc1Cl. The Balaban J connectivity index is 1.81. The molecule has 0 aliphatic heterocycles. The van der Waals surface area contributed by atoms with Gasteiger partial charge in [-0.1, -0.05) is 41.4 Å². The zero-order valence-corrected chi connectivity index (χ0v) is 13.9. The van der Waals surface area contributed by atoms with Crippen molar-refractivity contribution in [1.29, 1.82) is 0 Å². The normalized spacial score (nSPS) is 10.8. The minimum absolute atomic E-state index is 0.260. The molecule has 23 heavy (non-hydrogen) atoms. The Hall–Kier alpha value is -2.04. The predicted molar refractivity (Wildman–Crippen MR) is 92.4 cm³/mol. The molecular formula is C17H14Cl2FN3. The average Bonchev–Trinajstić information content (AvgIpc) is 2.89. The Morgan fingerprint density at radius 1 is 1.13 bits per heavy atom. The van der Waals surface area contributed by atoms with Crippen LogP contribution in [0.3, 0.4) is 0 Å². The van der Waals surface area contributed by atoms with Crippen molar-refractivity contribution in [2.75, 3.05) is 5.32 Å². The summed E-state index contributed by atoms with van der Waals surface area (Å²) in [6.07, 6.45) is 1.76. The van der Waals surface area contributed by atoms with Gasteiger partial charge in [0.15, 0.2) is 0 Å². The molecule has 3 rings (SSSR count). The maximum absolute atomic E-state index is 13.8. The molecule has 0 unspecified atom stereocenters. The first-order valence-corrected chi connectivity index (χ1v) is 7.76. The van der Waals surface area contributed by atoms with Crippen molar-refractivity contribution in [1.82, 2.24) is 9.55 Å². The molecule has 0 spiro atoms. The Labute approximate surface area is 143 Å². The number of benzene rings is 2. The van der Waals surface area contributed by atoms with Crippen molar-refractivity contribution in [3.8, 4) is 11.3 Å². The highest BCUT2D eigenvalue weighted by Crippen LogP contribution is 2.25. The number of nitrogens with zero attached hydrogens (tertiary/aromatic N) is 2. The molecule has 1 heterocycles. The summed E-state index contributed by atoms with van der Waals surface area (Å²) in [6.45, 7) is 0.260. The monoisotopic (exact) mass is 349 g/mol. The van der Waals surface area contributed by atoms with Crippen LogP contribution in [-0.4, -0.2) is 9.55 Å². The van der Waals surface area contributed by atoms with Gasteiger partial charge in [0.25, 0.3) is 0 Å². The third kappa shape index (κ3) is 3.33. The lowest BCUT2D eigenvalue weighted by Gasteiger charge is -2.10. The highest BCUT2D eigenvalue weighted by molar-refractivity contribution is 6.31. The number of rotatable bonds is 4. The van der Waals surface area contributed by atoms with Crippen LogP contribution in [0.2, 0.25) is 10.0 Å². The molecule has 0 atom stereocenters. The fourth-order valence-electron chi connectivity index (χ4n) is 2.33. The number of hydrogen-bond acceptors (Lipinski definition) is 2. The summed E-state index contributed by atoms with van der Waals surface area (Å²) in [5, 5.41) is 4.19. The smallest absolute Gasteiger partial charge is 0.203 e. The van der Waals surface area contributed by atoms with Crippen molar-refractivity contribution >= 4 is 29.2 Å². The van der Waals surface area contributed by atoms with Gasteiger partial charge in [-0.25, -0.2) is 9.37 Å². The molecule has 6 heteroatoms. The first-order valence-electron chi connectivity index (χ1n) is 7.00. The van der Waals surface area contributed by atoms with Crippen LogP contribution in [-0.2, 0) is 13.6 Å². The molecular weight excluding hydrogens is 336 g/mol. The van der Waals surface area contributed by atoms with E-state index in [4.69, 9.17) is 23.2 Å². The molecule has 0 aliphatic rings. The minimum Gasteiger partial charge on any atom is -0.351 e. The maximum atomic E-state index is 13.8. The number of halogens is 3. The van der Waals surface area contributed by atoms with Gasteiger partial charge in [0.05, 0.1) is 11.9 Å². The van der Waals surface area contributed by atoms with E-state index in [0.29, 0.717) is 21.6 Å². The topological polar surface area (TPSA) is 29.9 Å². The third-order valence-electron chi connectivity index (χ3n) is 3.61. The molecule has 0 bridgehead atoms. The van der Waals surface area contributed by atoms with Gasteiger partial charge in [0, 0.05) is 29.2 Å². The van der Waals surface area contributed by atoms with E-state index in [1.807, 2.05) is 35.9 Å². The second kappa shape index (κ2) is 6.60. The molecule has 1 N–H and O–H groups in total. The molecule has 0 saturated carbocycles. The van der Waals surface area contributed by atoms with Crippen LogP contribution in [0.1, 0.15) is 5.56 Å². The molecule has 0 saturated heterocycles. The van der Waals surface area contributed by atoms with Gasteiger partial charge in [0.1, 0.15) is 5.82 Å². The summed E-state index contributed by atoms with van der Waals surface area (Å²) in [5.74, 6) is 0.298. The van der Waals surface area contributed by atoms with Crippen molar-refractivity contribution in [2.45, 2.75) is 6.54 Å². The van der Waals surface area contributed by atoms with Crippen LogP contribution in [0.15, 0.2) is 48.7 Å². The summed E-state index contributed by atoms with van der Waals surface area (Å²) in [6, 6.07) is 12.2. The number of hydrogen-bond donors (Lipinski definition) is 1. The quantitative estimate of drug-likeness (QED) is 0.706. The predicted octanol–water partition coefficient (Wildman–Crippen LogP) is 5.15. The number of anilines is 1. The lowest BCUT2D eigenvalue weighted by molar-refractivity contribution is 0.612. The number of aromatic nitrogens is 2. The van der Waals surface area contributed by atoms with Gasteiger partial charge in [0.2, 0.25) is 5.95 Å². The van der Waals surface area contributed by atoms with Crippen molar-refractivity contribution in [2.24, 2.45) is 7.05 Å². The van der Waals surface area contributed by atoms with Crippen LogP contribution in [0.25, 0.3) is 11.3 Å². The Morgan fingerprint density at radius 2 is 1.87 bits per heavy atom. The van der Waals surface area contributed by atoms with Gasteiger partial charge in [-0.2, -0.15) is 0 Å². The highest BCUT2D eigenvalue weighted by Gasteiger charge is 2.11. The van der Waals surface area contributed by atoms with Crippen LogP contribution in [0.4, 0.5) is 10.3 Å². The van der Waals surface area contributed by atoms with Crippen LogP contribution in [0.5, 0.6) is 0 Å². The van der Waals surface area contributed by atoms with E-state index in [0.717, 1.165) is 11.3 Å². The van der Waals surface area contributed by atoms with E-state index in [1.165, 1.54) is 6.07 Å². The zero-order chi connectivity index (χ0) is 16.4. The minimum atomic E-state index is -0.336. The number of nitrogens with one attached hydrogen (secondary N) is 1. The van der Waals surface area contributed by atoms with E-state index < -0.39 is 0 Å². The van der Waals surface area contributed by atoms with E-state index in [2.05, 4.69) is 10.3 Å². The molecule has 118 valence electrons. The Bertz CT molecular complexity index is 808. The molecule has 1 aromatic heterocycles. The standard InChI is InChI=1S/C17H14Cl2FN3/c1-23-16(11-5-7-12(18)8-6-11)10-22-17(23)21-9-13-14(19)3-2-4-15(13)20/h2-8,10H,9H2,1H3,(H,21,22). The molecule has 3 aromatic rings. The van der Waals surface area contributed by atoms with Crippen molar-refractivity contribution in [3.05, 3.63) is 70.1 Å². The molecule has 3 nitrogen and oxygen atoms in total. The second-order valence-electron chi connectivity index (χ2n) is 5.09. The van der Waals surface area contributed by atoms with E-state index in [9.17, 15) is 4.39 Å². The first-order chi connectivity index (χ1) is 11.1. The lowest BCUT2D eigenvalue weighted by Crippen LogP contribution is -2.07.